The topological polar surface area (TPSA) is 42.3 Å². The number of Topliss-reactive ketones (excluding diaryl/α,β-unsaturated/α-hetero) is 1. The van der Waals surface area contributed by atoms with E-state index in [4.69, 9.17) is 0 Å². The molecule has 0 radical (unpaired) electrons. The molecular formula is C19H14F2N2OS. The van der Waals surface area contributed by atoms with Crippen LogP contribution in [0.4, 0.5) is 14.5 Å². The second-order valence-corrected chi connectivity index (χ2v) is 6.44. The van der Waals surface area contributed by atoms with Gasteiger partial charge in [0.2, 0.25) is 0 Å². The van der Waals surface area contributed by atoms with Gasteiger partial charge in [0.15, 0.2) is 17.4 Å². The maximum atomic E-state index is 13.7. The zero-order valence-electron chi connectivity index (χ0n) is 13.6. The molecule has 2 aromatic carbocycles. The predicted molar refractivity (Wildman–Crippen MR) is 95.9 cm³/mol. The van der Waals surface area contributed by atoms with Crippen LogP contribution in [0, 0.1) is 18.6 Å². The maximum Gasteiger partial charge on any atom is 0.171 e. The van der Waals surface area contributed by atoms with E-state index in [0.717, 1.165) is 16.6 Å². The van der Waals surface area contributed by atoms with Crippen molar-refractivity contribution in [2.45, 2.75) is 13.8 Å². The minimum absolute atomic E-state index is 0.0167. The van der Waals surface area contributed by atoms with E-state index in [2.05, 4.69) is 9.98 Å². The van der Waals surface area contributed by atoms with Crippen molar-refractivity contribution in [1.29, 1.82) is 0 Å². The highest BCUT2D eigenvalue weighted by atomic mass is 32.1. The molecule has 0 unspecified atom stereocenters. The minimum atomic E-state index is -0.927. The van der Waals surface area contributed by atoms with Gasteiger partial charge >= 0.3 is 0 Å². The normalized spacial score (nSPS) is 11.2. The highest BCUT2D eigenvalue weighted by Crippen LogP contribution is 2.30. The largest absolute Gasteiger partial charge is 0.294 e. The Balaban J connectivity index is 1.92. The molecule has 3 aromatic rings. The monoisotopic (exact) mass is 356 g/mol. The van der Waals surface area contributed by atoms with Gasteiger partial charge in [-0.2, -0.15) is 0 Å². The molecule has 3 rings (SSSR count). The number of halogens is 2. The third kappa shape index (κ3) is 3.69. The van der Waals surface area contributed by atoms with E-state index < -0.39 is 11.6 Å². The highest BCUT2D eigenvalue weighted by molar-refractivity contribution is 7.17. The SMILES string of the molecule is CC(=O)c1sc(-c2cccc(N=Cc3cccc(F)c3F)c2)nc1C. The van der Waals surface area contributed by atoms with E-state index in [1.807, 2.05) is 6.07 Å². The van der Waals surface area contributed by atoms with Crippen LogP contribution in [0.3, 0.4) is 0 Å². The van der Waals surface area contributed by atoms with Gasteiger partial charge in [-0.1, -0.05) is 24.3 Å². The molecule has 0 aliphatic rings. The molecule has 0 saturated heterocycles. The van der Waals surface area contributed by atoms with Crippen LogP contribution in [0.1, 0.15) is 27.9 Å². The highest BCUT2D eigenvalue weighted by Gasteiger charge is 2.13. The first-order valence-corrected chi connectivity index (χ1v) is 8.34. The van der Waals surface area contributed by atoms with Crippen molar-refractivity contribution < 1.29 is 13.6 Å². The number of ketones is 1. The van der Waals surface area contributed by atoms with Gasteiger partial charge in [-0.05, 0) is 25.1 Å². The first-order chi connectivity index (χ1) is 12.0. The van der Waals surface area contributed by atoms with Crippen LogP contribution >= 0.6 is 11.3 Å². The number of hydrogen-bond acceptors (Lipinski definition) is 4. The molecular weight excluding hydrogens is 342 g/mol. The van der Waals surface area contributed by atoms with Crippen molar-refractivity contribution >= 4 is 29.0 Å². The van der Waals surface area contributed by atoms with E-state index in [1.165, 1.54) is 36.6 Å². The Kier molecular flexibility index (Phi) is 4.81. The fourth-order valence-corrected chi connectivity index (χ4v) is 3.29. The van der Waals surface area contributed by atoms with Crippen molar-refractivity contribution in [1.82, 2.24) is 4.98 Å². The lowest BCUT2D eigenvalue weighted by atomic mass is 10.2. The Bertz CT molecular complexity index is 979. The fraction of sp³-hybridized carbons (Fsp3) is 0.105. The van der Waals surface area contributed by atoms with Gasteiger partial charge in [-0.15, -0.1) is 11.3 Å². The Morgan fingerprint density at radius 3 is 2.68 bits per heavy atom. The Hall–Kier alpha value is -2.73. The number of carbonyl (C=O) groups is 1. The summed E-state index contributed by atoms with van der Waals surface area (Å²) in [6.45, 7) is 3.31. The molecule has 0 aliphatic heterocycles. The van der Waals surface area contributed by atoms with Crippen LogP contribution in [-0.4, -0.2) is 17.0 Å². The van der Waals surface area contributed by atoms with Crippen molar-refractivity contribution in [3.05, 3.63) is 70.2 Å². The number of rotatable bonds is 4. The number of aromatic nitrogens is 1. The third-order valence-corrected chi connectivity index (χ3v) is 4.85. The summed E-state index contributed by atoms with van der Waals surface area (Å²) in [5, 5.41) is 0.719. The molecule has 1 aromatic heterocycles. The number of nitrogens with zero attached hydrogens (tertiary/aromatic N) is 2. The lowest BCUT2D eigenvalue weighted by Crippen LogP contribution is -1.91. The van der Waals surface area contributed by atoms with E-state index in [9.17, 15) is 13.6 Å². The van der Waals surface area contributed by atoms with Gasteiger partial charge in [-0.25, -0.2) is 13.8 Å². The molecule has 0 saturated carbocycles. The molecule has 126 valence electrons. The average Bonchev–Trinajstić information content (AvgIpc) is 2.99. The number of thiazole rings is 1. The average molecular weight is 356 g/mol. The smallest absolute Gasteiger partial charge is 0.171 e. The zero-order valence-corrected chi connectivity index (χ0v) is 14.4. The van der Waals surface area contributed by atoms with Crippen LogP contribution in [0.25, 0.3) is 10.6 Å². The Morgan fingerprint density at radius 1 is 1.20 bits per heavy atom. The van der Waals surface area contributed by atoms with Gasteiger partial charge in [-0.3, -0.25) is 9.79 Å². The van der Waals surface area contributed by atoms with Crippen molar-refractivity contribution in [2.75, 3.05) is 0 Å². The van der Waals surface area contributed by atoms with E-state index >= 15 is 0 Å². The molecule has 0 fully saturated rings. The lowest BCUT2D eigenvalue weighted by Gasteiger charge is -2.00. The molecule has 1 heterocycles. The molecule has 0 N–H and O–H groups in total. The van der Waals surface area contributed by atoms with E-state index in [1.54, 1.807) is 25.1 Å². The van der Waals surface area contributed by atoms with Crippen LogP contribution in [0.15, 0.2) is 47.5 Å². The number of benzene rings is 2. The fourth-order valence-electron chi connectivity index (χ4n) is 2.33. The van der Waals surface area contributed by atoms with E-state index in [0.29, 0.717) is 16.3 Å². The lowest BCUT2D eigenvalue weighted by molar-refractivity contribution is 0.102. The Morgan fingerprint density at radius 2 is 1.96 bits per heavy atom. The summed E-state index contributed by atoms with van der Waals surface area (Å²) < 4.78 is 26.9. The van der Waals surface area contributed by atoms with Gasteiger partial charge in [0.1, 0.15) is 5.01 Å². The van der Waals surface area contributed by atoms with Crippen molar-refractivity contribution in [3.63, 3.8) is 0 Å². The van der Waals surface area contributed by atoms with Crippen LogP contribution < -0.4 is 0 Å². The van der Waals surface area contributed by atoms with Crippen LogP contribution in [0.2, 0.25) is 0 Å². The summed E-state index contributed by atoms with van der Waals surface area (Å²) in [4.78, 5) is 20.8. The summed E-state index contributed by atoms with van der Waals surface area (Å²) in [7, 11) is 0. The zero-order chi connectivity index (χ0) is 18.0. The standard InChI is InChI=1S/C19H14F2N2OS/c1-11-18(12(2)24)25-19(23-11)13-5-3-7-15(9-13)22-10-14-6-4-8-16(20)17(14)21/h3-10H,1-2H3. The summed E-state index contributed by atoms with van der Waals surface area (Å²) in [6.07, 6.45) is 1.28. The molecule has 0 atom stereocenters. The molecule has 0 spiro atoms. The van der Waals surface area contributed by atoms with Crippen LogP contribution in [0.5, 0.6) is 0 Å². The van der Waals surface area contributed by atoms with Crippen LogP contribution in [-0.2, 0) is 0 Å². The number of aryl methyl sites for hydroxylation is 1. The first-order valence-electron chi connectivity index (χ1n) is 7.52. The minimum Gasteiger partial charge on any atom is -0.294 e. The van der Waals surface area contributed by atoms with Crippen molar-refractivity contribution in [2.24, 2.45) is 4.99 Å². The number of aliphatic imine (C=N–C) groups is 1. The predicted octanol–water partition coefficient (Wildman–Crippen LogP) is 5.35. The molecule has 0 bridgehead atoms. The quantitative estimate of drug-likeness (QED) is 0.467. The summed E-state index contributed by atoms with van der Waals surface area (Å²) in [5.41, 5.74) is 2.17. The first kappa shape index (κ1) is 17.1. The number of hydrogen-bond donors (Lipinski definition) is 0. The molecule has 0 amide bonds. The molecule has 25 heavy (non-hydrogen) atoms. The summed E-state index contributed by atoms with van der Waals surface area (Å²) in [6, 6.07) is 11.1. The van der Waals surface area contributed by atoms with E-state index in [-0.39, 0.29) is 11.3 Å². The molecule has 0 aliphatic carbocycles. The Labute approximate surface area is 147 Å². The van der Waals surface area contributed by atoms with Gasteiger partial charge in [0.05, 0.1) is 16.3 Å². The van der Waals surface area contributed by atoms with Gasteiger partial charge in [0.25, 0.3) is 0 Å². The second-order valence-electron chi connectivity index (χ2n) is 5.44. The second kappa shape index (κ2) is 7.03. The summed E-state index contributed by atoms with van der Waals surface area (Å²) >= 11 is 1.33. The maximum absolute atomic E-state index is 13.7. The third-order valence-electron chi connectivity index (χ3n) is 3.54. The summed E-state index contributed by atoms with van der Waals surface area (Å²) in [5.74, 6) is -1.85. The van der Waals surface area contributed by atoms with Crippen molar-refractivity contribution in [3.8, 4) is 10.6 Å². The molecule has 3 nitrogen and oxygen atoms in total. The molecule has 6 heteroatoms. The van der Waals surface area contributed by atoms with Gasteiger partial charge < -0.3 is 0 Å². The number of carbonyl (C=O) groups excluding carboxylic acids is 1. The van der Waals surface area contributed by atoms with Gasteiger partial charge in [0, 0.05) is 24.3 Å².